The molecule has 208 valence electrons. The molecule has 0 radical (unpaired) electrons. The average molecular weight is 572 g/mol. The highest BCUT2D eigenvalue weighted by atomic mass is 32.1. The fourth-order valence-electron chi connectivity index (χ4n) is 5.10. The topological polar surface area (TPSA) is 118 Å². The minimum absolute atomic E-state index is 0.0306. The number of halogens is 3. The molecule has 6 rings (SSSR count). The van der Waals surface area contributed by atoms with Crippen molar-refractivity contribution in [3.63, 3.8) is 0 Å². The predicted octanol–water partition coefficient (Wildman–Crippen LogP) is 6.29. The number of pyridine rings is 1. The molecular weight excluding hydrogens is 547 g/mol. The molecule has 1 aliphatic carbocycles. The zero-order valence-electron chi connectivity index (χ0n) is 21.3. The highest BCUT2D eigenvalue weighted by molar-refractivity contribution is 7.19. The van der Waals surface area contributed by atoms with Crippen molar-refractivity contribution in [2.24, 2.45) is 0 Å². The van der Waals surface area contributed by atoms with Gasteiger partial charge in [0.2, 0.25) is 0 Å². The van der Waals surface area contributed by atoms with Gasteiger partial charge in [-0.1, -0.05) is 6.07 Å². The largest absolute Gasteiger partial charge is 0.490 e. The minimum atomic E-state index is -4.99. The summed E-state index contributed by atoms with van der Waals surface area (Å²) in [7, 11) is 1.63. The summed E-state index contributed by atoms with van der Waals surface area (Å²) >= 11 is 1.54. The van der Waals surface area contributed by atoms with Gasteiger partial charge in [0.1, 0.15) is 16.9 Å². The summed E-state index contributed by atoms with van der Waals surface area (Å²) in [5.41, 5.74) is 9.98. The van der Waals surface area contributed by atoms with E-state index in [1.165, 1.54) is 0 Å². The van der Waals surface area contributed by atoms with E-state index in [4.69, 9.17) is 14.9 Å². The maximum absolute atomic E-state index is 12.5. The normalized spacial score (nSPS) is 18.0. The van der Waals surface area contributed by atoms with Crippen LogP contribution in [0.2, 0.25) is 0 Å². The number of methoxy groups -OCH3 is 1. The number of aromatic nitrogens is 4. The summed E-state index contributed by atoms with van der Waals surface area (Å²) < 4.78 is 56.4. The monoisotopic (exact) mass is 571 g/mol. The van der Waals surface area contributed by atoms with Crippen LogP contribution >= 0.6 is 11.3 Å². The van der Waals surface area contributed by atoms with Gasteiger partial charge >= 0.3 is 12.1 Å². The lowest BCUT2D eigenvalue weighted by atomic mass is 9.93. The van der Waals surface area contributed by atoms with E-state index < -0.39 is 18.2 Å². The zero-order chi connectivity index (χ0) is 28.0. The number of rotatable bonds is 6. The quantitative estimate of drug-likeness (QED) is 0.237. The number of hydrogen-bond donors (Lipinski definition) is 1. The fraction of sp³-hybridized carbons (Fsp3) is 0.333. The van der Waals surface area contributed by atoms with Gasteiger partial charge in [-0.05, 0) is 43.9 Å². The van der Waals surface area contributed by atoms with Crippen LogP contribution in [0.1, 0.15) is 36.7 Å². The van der Waals surface area contributed by atoms with Crippen molar-refractivity contribution in [2.45, 2.75) is 50.6 Å². The van der Waals surface area contributed by atoms with Gasteiger partial charge in [-0.3, -0.25) is 4.68 Å². The van der Waals surface area contributed by atoms with Crippen molar-refractivity contribution in [3.8, 4) is 22.5 Å². The molecule has 0 aliphatic heterocycles. The molecule has 0 unspecified atom stereocenters. The molecule has 2 N–H and O–H groups in total. The van der Waals surface area contributed by atoms with Crippen molar-refractivity contribution in [3.05, 3.63) is 47.9 Å². The third-order valence-corrected chi connectivity index (χ3v) is 8.09. The zero-order valence-corrected chi connectivity index (χ0v) is 22.1. The number of nitrogen functional groups attached to an aromatic ring is 1. The Labute approximate surface area is 229 Å². The number of carbonyl (C=O) groups excluding carboxylic acids is 1. The van der Waals surface area contributed by atoms with Gasteiger partial charge in [-0.2, -0.15) is 18.3 Å². The van der Waals surface area contributed by atoms with Gasteiger partial charge in [-0.25, -0.2) is 14.8 Å². The summed E-state index contributed by atoms with van der Waals surface area (Å²) in [5, 5.41) is 6.16. The van der Waals surface area contributed by atoms with Gasteiger partial charge in [0, 0.05) is 41.6 Å². The second-order valence-corrected chi connectivity index (χ2v) is 10.7. The van der Waals surface area contributed by atoms with Crippen LogP contribution in [-0.2, 0) is 20.9 Å². The minimum Gasteiger partial charge on any atom is -0.456 e. The number of thiazole rings is 1. The van der Waals surface area contributed by atoms with Crippen LogP contribution in [-0.4, -0.2) is 45.1 Å². The number of nitrogens with zero attached hydrogens (tertiary/aromatic N) is 4. The van der Waals surface area contributed by atoms with Gasteiger partial charge in [-0.15, -0.1) is 11.3 Å². The van der Waals surface area contributed by atoms with Crippen LogP contribution < -0.4 is 5.73 Å². The molecule has 1 saturated carbocycles. The molecule has 40 heavy (non-hydrogen) atoms. The van der Waals surface area contributed by atoms with E-state index in [9.17, 15) is 18.0 Å². The number of ether oxygens (including phenoxy) is 2. The van der Waals surface area contributed by atoms with Crippen molar-refractivity contribution in [1.82, 2.24) is 19.7 Å². The second-order valence-electron chi connectivity index (χ2n) is 9.65. The van der Waals surface area contributed by atoms with Crippen molar-refractivity contribution < 1.29 is 31.9 Å². The predicted molar refractivity (Wildman–Crippen MR) is 142 cm³/mol. The highest BCUT2D eigenvalue weighted by Crippen LogP contribution is 2.40. The van der Waals surface area contributed by atoms with Gasteiger partial charge in [0.05, 0.1) is 29.1 Å². The average Bonchev–Trinajstić information content (AvgIpc) is 3.67. The van der Waals surface area contributed by atoms with Crippen LogP contribution in [0, 0.1) is 0 Å². The smallest absolute Gasteiger partial charge is 0.456 e. The fourth-order valence-corrected chi connectivity index (χ4v) is 6.16. The first-order valence-corrected chi connectivity index (χ1v) is 13.4. The Hall–Kier alpha value is -3.97. The summed E-state index contributed by atoms with van der Waals surface area (Å²) in [6, 6.07) is 7.74. The second kappa shape index (κ2) is 10.2. The van der Waals surface area contributed by atoms with Crippen molar-refractivity contribution >= 4 is 44.3 Å². The molecule has 0 amide bonds. The van der Waals surface area contributed by atoms with E-state index in [0.29, 0.717) is 43.6 Å². The Bertz CT molecular complexity index is 1700. The molecule has 1 fully saturated rings. The van der Waals surface area contributed by atoms with E-state index in [0.717, 1.165) is 37.3 Å². The number of benzene rings is 1. The lowest BCUT2D eigenvalue weighted by Gasteiger charge is -2.28. The Balaban J connectivity index is 1.26. The molecule has 4 aromatic heterocycles. The molecule has 4 heterocycles. The van der Waals surface area contributed by atoms with Crippen LogP contribution in [0.5, 0.6) is 0 Å². The van der Waals surface area contributed by atoms with Crippen molar-refractivity contribution in [1.29, 1.82) is 0 Å². The van der Waals surface area contributed by atoms with Crippen LogP contribution in [0.25, 0.3) is 43.6 Å². The first-order valence-electron chi connectivity index (χ1n) is 12.6. The lowest BCUT2D eigenvalue weighted by Crippen LogP contribution is -2.32. The standard InChI is InChI=1S/C27H24F3N5O4S/c1-37-13-22-34-20-4-2-3-17(24(20)40-22)21-9-18-19(11-32-25(31)23(18)39-21)14-10-33-35(12-14)15-5-7-16(8-6-15)38-26(36)27(28,29)30/h2-4,9-12,15-16H,5-8,13H2,1H3,(H2,31,32). The first-order chi connectivity index (χ1) is 19.2. The lowest BCUT2D eigenvalue weighted by molar-refractivity contribution is -0.206. The van der Waals surface area contributed by atoms with Crippen LogP contribution in [0.4, 0.5) is 19.0 Å². The van der Waals surface area contributed by atoms with Crippen LogP contribution in [0.15, 0.2) is 47.3 Å². The number of esters is 1. The molecule has 0 spiro atoms. The van der Waals surface area contributed by atoms with E-state index in [-0.39, 0.29) is 11.9 Å². The number of alkyl halides is 3. The van der Waals surface area contributed by atoms with E-state index in [1.807, 2.05) is 30.5 Å². The van der Waals surface area contributed by atoms with E-state index >= 15 is 0 Å². The Morgan fingerprint density at radius 2 is 2.00 bits per heavy atom. The molecule has 1 aromatic carbocycles. The van der Waals surface area contributed by atoms with E-state index in [2.05, 4.69) is 19.8 Å². The summed E-state index contributed by atoms with van der Waals surface area (Å²) in [6.07, 6.45) is 1.26. The molecular formula is C27H24F3N5O4S. The SMILES string of the molecule is COCc1nc2cccc(-c3cc4c(-c5cnn(C6CCC(OC(=O)C(F)(F)F)CC6)c5)cnc(N)c4o3)c2s1. The third kappa shape index (κ3) is 4.90. The number of fused-ring (bicyclic) bond motifs is 2. The first kappa shape index (κ1) is 26.3. The Morgan fingerprint density at radius 3 is 2.75 bits per heavy atom. The molecule has 5 aromatic rings. The Kier molecular flexibility index (Phi) is 6.70. The number of nitrogens with two attached hydrogens (primary N) is 1. The van der Waals surface area contributed by atoms with Crippen molar-refractivity contribution in [2.75, 3.05) is 12.8 Å². The van der Waals surface area contributed by atoms with Gasteiger partial charge in [0.15, 0.2) is 11.4 Å². The van der Waals surface area contributed by atoms with E-state index in [1.54, 1.807) is 35.5 Å². The number of anilines is 1. The van der Waals surface area contributed by atoms with Gasteiger partial charge < -0.3 is 19.6 Å². The Morgan fingerprint density at radius 1 is 1.20 bits per heavy atom. The van der Waals surface area contributed by atoms with Crippen LogP contribution in [0.3, 0.4) is 0 Å². The molecule has 0 atom stereocenters. The highest BCUT2D eigenvalue weighted by Gasteiger charge is 2.42. The molecule has 13 heteroatoms. The summed E-state index contributed by atoms with van der Waals surface area (Å²) in [6.45, 7) is 0.421. The number of furan rings is 1. The summed E-state index contributed by atoms with van der Waals surface area (Å²) in [4.78, 5) is 20.1. The molecule has 0 saturated heterocycles. The maximum Gasteiger partial charge on any atom is 0.490 e. The maximum atomic E-state index is 12.5. The third-order valence-electron chi connectivity index (χ3n) is 7.02. The summed E-state index contributed by atoms with van der Waals surface area (Å²) in [5.74, 6) is -1.24. The number of carbonyl (C=O) groups is 1. The molecule has 1 aliphatic rings. The molecule has 0 bridgehead atoms. The van der Waals surface area contributed by atoms with Gasteiger partial charge in [0.25, 0.3) is 0 Å². The number of hydrogen-bond acceptors (Lipinski definition) is 9. The molecule has 9 nitrogen and oxygen atoms in total.